The van der Waals surface area contributed by atoms with Crippen molar-refractivity contribution in [3.63, 3.8) is 0 Å². The molecule has 1 atom stereocenters. The van der Waals surface area contributed by atoms with Gasteiger partial charge in [0, 0.05) is 20.3 Å². The van der Waals surface area contributed by atoms with Crippen LogP contribution in [0.4, 0.5) is 0 Å². The maximum Gasteiger partial charge on any atom is 0.313 e. The predicted octanol–water partition coefficient (Wildman–Crippen LogP) is 1.58. The number of ether oxygens (including phenoxy) is 2. The Balaban J connectivity index is 4.64. The van der Waals surface area contributed by atoms with Gasteiger partial charge in [0.2, 0.25) is 0 Å². The molecule has 0 aliphatic rings. The molecule has 0 saturated heterocycles. The van der Waals surface area contributed by atoms with Crippen LogP contribution in [-0.2, 0) is 14.3 Å². The van der Waals surface area contributed by atoms with Gasteiger partial charge in [-0.2, -0.15) is 0 Å². The summed E-state index contributed by atoms with van der Waals surface area (Å²) in [5, 5.41) is 0. The number of esters is 1. The summed E-state index contributed by atoms with van der Waals surface area (Å²) in [6.07, 6.45) is 1.54. The number of rotatable bonds is 8. The smallest absolute Gasteiger partial charge is 0.313 e. The summed E-state index contributed by atoms with van der Waals surface area (Å²) in [5.74, 6) is -0.00277. The van der Waals surface area contributed by atoms with Crippen LogP contribution in [0.25, 0.3) is 0 Å². The lowest BCUT2D eigenvalue weighted by Gasteiger charge is -2.33. The van der Waals surface area contributed by atoms with E-state index in [1.807, 2.05) is 20.8 Å². The molecule has 0 aliphatic carbocycles. The summed E-state index contributed by atoms with van der Waals surface area (Å²) in [6.45, 7) is 7.21. The minimum absolute atomic E-state index is 0.174. The van der Waals surface area contributed by atoms with E-state index in [4.69, 9.17) is 15.2 Å². The highest BCUT2D eigenvalue weighted by molar-refractivity contribution is 5.77. The van der Waals surface area contributed by atoms with E-state index in [0.29, 0.717) is 26.2 Å². The lowest BCUT2D eigenvalue weighted by atomic mass is 9.73. The van der Waals surface area contributed by atoms with Crippen molar-refractivity contribution in [2.24, 2.45) is 17.1 Å². The molecular formula is C12H25NO3. The van der Waals surface area contributed by atoms with Gasteiger partial charge in [-0.3, -0.25) is 4.79 Å². The average molecular weight is 231 g/mol. The van der Waals surface area contributed by atoms with Crippen molar-refractivity contribution in [1.29, 1.82) is 0 Å². The zero-order valence-corrected chi connectivity index (χ0v) is 10.9. The third kappa shape index (κ3) is 3.76. The number of hydrogen-bond donors (Lipinski definition) is 1. The summed E-state index contributed by atoms with van der Waals surface area (Å²) in [7, 11) is 1.66. The van der Waals surface area contributed by atoms with Crippen LogP contribution >= 0.6 is 0 Å². The first-order valence-corrected chi connectivity index (χ1v) is 5.91. The van der Waals surface area contributed by atoms with Crippen molar-refractivity contribution in [2.45, 2.75) is 33.6 Å². The molecule has 0 aromatic carbocycles. The zero-order valence-electron chi connectivity index (χ0n) is 10.9. The molecule has 0 spiro atoms. The fourth-order valence-corrected chi connectivity index (χ4v) is 1.85. The van der Waals surface area contributed by atoms with Gasteiger partial charge in [0.05, 0.1) is 12.0 Å². The van der Waals surface area contributed by atoms with Crippen molar-refractivity contribution < 1.29 is 14.3 Å². The second kappa shape index (κ2) is 7.63. The summed E-state index contributed by atoms with van der Waals surface area (Å²) in [4.78, 5) is 12.0. The predicted molar refractivity (Wildman–Crippen MR) is 64.1 cm³/mol. The van der Waals surface area contributed by atoms with E-state index in [0.717, 1.165) is 6.42 Å². The molecule has 0 saturated carbocycles. The third-order valence-electron chi connectivity index (χ3n) is 3.12. The fraction of sp³-hybridized carbons (Fsp3) is 0.917. The molecule has 1 unspecified atom stereocenters. The van der Waals surface area contributed by atoms with Gasteiger partial charge in [-0.15, -0.1) is 0 Å². The van der Waals surface area contributed by atoms with Crippen LogP contribution in [-0.4, -0.2) is 32.8 Å². The van der Waals surface area contributed by atoms with Gasteiger partial charge in [-0.05, 0) is 25.7 Å². The first kappa shape index (κ1) is 15.4. The van der Waals surface area contributed by atoms with Gasteiger partial charge in [0.25, 0.3) is 0 Å². The molecule has 0 radical (unpaired) electrons. The van der Waals surface area contributed by atoms with Crippen LogP contribution in [0.3, 0.4) is 0 Å². The van der Waals surface area contributed by atoms with Gasteiger partial charge in [-0.1, -0.05) is 13.8 Å². The Morgan fingerprint density at radius 3 is 2.44 bits per heavy atom. The van der Waals surface area contributed by atoms with Crippen LogP contribution in [0.2, 0.25) is 0 Å². The topological polar surface area (TPSA) is 61.5 Å². The van der Waals surface area contributed by atoms with Crippen molar-refractivity contribution in [3.05, 3.63) is 0 Å². The van der Waals surface area contributed by atoms with Crippen molar-refractivity contribution >= 4 is 5.97 Å². The molecule has 0 bridgehead atoms. The Morgan fingerprint density at radius 1 is 1.44 bits per heavy atom. The molecule has 0 aromatic rings. The maximum absolute atomic E-state index is 12.0. The van der Waals surface area contributed by atoms with E-state index in [9.17, 15) is 4.79 Å². The largest absolute Gasteiger partial charge is 0.466 e. The number of nitrogens with two attached hydrogens (primary N) is 1. The highest BCUT2D eigenvalue weighted by atomic mass is 16.5. The van der Waals surface area contributed by atoms with E-state index < -0.39 is 5.41 Å². The Kier molecular flexibility index (Phi) is 7.34. The normalized spacial score (nSPS) is 14.9. The monoisotopic (exact) mass is 231 g/mol. The summed E-state index contributed by atoms with van der Waals surface area (Å²) < 4.78 is 10.1. The van der Waals surface area contributed by atoms with Crippen molar-refractivity contribution in [3.8, 4) is 0 Å². The standard InChI is InChI=1S/C12H25NO3/c1-5-16-11(14)12(9-13,10(2)3)7-6-8-15-4/h10H,5-9,13H2,1-4H3. The number of carbonyl (C=O) groups is 1. The minimum atomic E-state index is -0.561. The molecule has 96 valence electrons. The Morgan fingerprint density at radius 2 is 2.06 bits per heavy atom. The summed E-state index contributed by atoms with van der Waals surface area (Å²) >= 11 is 0. The molecule has 4 nitrogen and oxygen atoms in total. The van der Waals surface area contributed by atoms with Crippen LogP contribution in [0.15, 0.2) is 0 Å². The molecule has 0 fully saturated rings. The number of methoxy groups -OCH3 is 1. The van der Waals surface area contributed by atoms with Gasteiger partial charge in [-0.25, -0.2) is 0 Å². The number of hydrogen-bond acceptors (Lipinski definition) is 4. The van der Waals surface area contributed by atoms with Crippen LogP contribution in [0.1, 0.15) is 33.6 Å². The van der Waals surface area contributed by atoms with E-state index in [-0.39, 0.29) is 11.9 Å². The molecule has 0 amide bonds. The van der Waals surface area contributed by atoms with E-state index in [1.54, 1.807) is 7.11 Å². The highest BCUT2D eigenvalue weighted by Gasteiger charge is 2.41. The van der Waals surface area contributed by atoms with Crippen molar-refractivity contribution in [1.82, 2.24) is 0 Å². The SMILES string of the molecule is CCOC(=O)C(CN)(CCCOC)C(C)C. The second-order valence-electron chi connectivity index (χ2n) is 4.33. The molecule has 0 aliphatic heterocycles. The zero-order chi connectivity index (χ0) is 12.6. The maximum atomic E-state index is 12.0. The average Bonchev–Trinajstić information content (AvgIpc) is 2.24. The third-order valence-corrected chi connectivity index (χ3v) is 3.12. The van der Waals surface area contributed by atoms with Gasteiger partial charge >= 0.3 is 5.97 Å². The summed E-state index contributed by atoms with van der Waals surface area (Å²) in [5.41, 5.74) is 5.22. The molecule has 4 heteroatoms. The Hall–Kier alpha value is -0.610. The molecular weight excluding hydrogens is 206 g/mol. The van der Waals surface area contributed by atoms with Crippen LogP contribution < -0.4 is 5.73 Å². The summed E-state index contributed by atoms with van der Waals surface area (Å²) in [6, 6.07) is 0. The fourth-order valence-electron chi connectivity index (χ4n) is 1.85. The lowest BCUT2D eigenvalue weighted by Crippen LogP contribution is -2.44. The number of carbonyl (C=O) groups excluding carboxylic acids is 1. The molecule has 0 aromatic heterocycles. The minimum Gasteiger partial charge on any atom is -0.466 e. The van der Waals surface area contributed by atoms with Crippen LogP contribution in [0.5, 0.6) is 0 Å². The van der Waals surface area contributed by atoms with Crippen molar-refractivity contribution in [2.75, 3.05) is 26.9 Å². The van der Waals surface area contributed by atoms with Gasteiger partial charge in [0.1, 0.15) is 0 Å². The van der Waals surface area contributed by atoms with E-state index in [2.05, 4.69) is 0 Å². The van der Waals surface area contributed by atoms with Crippen LogP contribution in [0, 0.1) is 11.3 Å². The second-order valence-corrected chi connectivity index (χ2v) is 4.33. The first-order chi connectivity index (χ1) is 7.55. The molecule has 2 N–H and O–H groups in total. The Labute approximate surface area is 98.5 Å². The van der Waals surface area contributed by atoms with E-state index in [1.165, 1.54) is 0 Å². The van der Waals surface area contributed by atoms with E-state index >= 15 is 0 Å². The van der Waals surface area contributed by atoms with Gasteiger partial charge < -0.3 is 15.2 Å². The molecule has 0 rings (SSSR count). The highest BCUT2D eigenvalue weighted by Crippen LogP contribution is 2.33. The lowest BCUT2D eigenvalue weighted by molar-refractivity contribution is -0.158. The Bertz CT molecular complexity index is 206. The first-order valence-electron chi connectivity index (χ1n) is 5.91. The van der Waals surface area contributed by atoms with Gasteiger partial charge in [0.15, 0.2) is 0 Å². The molecule has 0 heterocycles. The molecule has 16 heavy (non-hydrogen) atoms. The quantitative estimate of drug-likeness (QED) is 0.509.